The van der Waals surface area contributed by atoms with Crippen LogP contribution in [0.25, 0.3) is 0 Å². The molecule has 11 heteroatoms. The van der Waals surface area contributed by atoms with Crippen LogP contribution in [0.2, 0.25) is 0 Å². The lowest BCUT2D eigenvalue weighted by Crippen LogP contribution is -2.49. The van der Waals surface area contributed by atoms with Gasteiger partial charge in [-0.2, -0.15) is 9.40 Å². The van der Waals surface area contributed by atoms with Gasteiger partial charge >= 0.3 is 0 Å². The Morgan fingerprint density at radius 1 is 1.00 bits per heavy atom. The molecule has 10 nitrogen and oxygen atoms in total. The molecule has 0 unspecified atom stereocenters. The third-order valence-electron chi connectivity index (χ3n) is 5.22. The third-order valence-corrected chi connectivity index (χ3v) is 7.38. The molecule has 4 heterocycles. The van der Waals surface area contributed by atoms with Crippen LogP contribution in [0.3, 0.4) is 0 Å². The van der Waals surface area contributed by atoms with Crippen LogP contribution in [0.1, 0.15) is 22.8 Å². The van der Waals surface area contributed by atoms with Crippen molar-refractivity contribution in [2.24, 2.45) is 0 Å². The second-order valence-corrected chi connectivity index (χ2v) is 9.53. The maximum Gasteiger partial charge on any atom is 0.246 e. The number of rotatable bonds is 5. The monoisotopic (exact) mass is 442 g/mol. The zero-order chi connectivity index (χ0) is 22.2. The first-order valence-electron chi connectivity index (χ1n) is 10.1. The third kappa shape index (κ3) is 4.37. The van der Waals surface area contributed by atoms with E-state index < -0.39 is 10.0 Å². The Morgan fingerprint density at radius 2 is 1.74 bits per heavy atom. The van der Waals surface area contributed by atoms with E-state index in [2.05, 4.69) is 35.4 Å². The number of hydrogen-bond donors (Lipinski definition) is 2. The minimum atomic E-state index is -3.59. The van der Waals surface area contributed by atoms with E-state index in [0.29, 0.717) is 55.0 Å². The molecule has 164 valence electrons. The smallest absolute Gasteiger partial charge is 0.246 e. The minimum Gasteiger partial charge on any atom is -0.354 e. The molecular formula is C20H26N8O2S. The Hall–Kier alpha value is -3.05. The first kappa shape index (κ1) is 21.2. The van der Waals surface area contributed by atoms with Crippen LogP contribution in [0.15, 0.2) is 29.3 Å². The van der Waals surface area contributed by atoms with Crippen LogP contribution in [0.4, 0.5) is 17.5 Å². The molecule has 1 aliphatic rings. The molecule has 0 saturated carbocycles. The van der Waals surface area contributed by atoms with Crippen molar-refractivity contribution in [3.8, 4) is 0 Å². The summed E-state index contributed by atoms with van der Waals surface area (Å²) < 4.78 is 27.7. The quantitative estimate of drug-likeness (QED) is 0.616. The lowest BCUT2D eigenvalue weighted by atomic mass is 10.3. The Labute approximate surface area is 181 Å². The number of anilines is 3. The van der Waals surface area contributed by atoms with Crippen molar-refractivity contribution in [2.45, 2.75) is 32.6 Å². The molecule has 0 radical (unpaired) electrons. The fourth-order valence-electron chi connectivity index (χ4n) is 3.72. The molecule has 3 aromatic rings. The average molecular weight is 443 g/mol. The summed E-state index contributed by atoms with van der Waals surface area (Å²) in [5, 5.41) is 10.0. The van der Waals surface area contributed by atoms with Gasteiger partial charge in [0.05, 0.1) is 11.4 Å². The van der Waals surface area contributed by atoms with Crippen molar-refractivity contribution in [3.63, 3.8) is 0 Å². The number of nitrogens with one attached hydrogen (secondary N) is 2. The number of piperazine rings is 1. The predicted molar refractivity (Wildman–Crippen MR) is 118 cm³/mol. The maximum atomic E-state index is 13.1. The van der Waals surface area contributed by atoms with Crippen molar-refractivity contribution in [1.82, 2.24) is 29.5 Å². The number of nitrogens with zero attached hydrogens (tertiary/aromatic N) is 6. The number of aromatic nitrogens is 5. The molecule has 1 fully saturated rings. The summed E-state index contributed by atoms with van der Waals surface area (Å²) in [7, 11) is -3.59. The number of aromatic amines is 1. The number of sulfonamides is 1. The van der Waals surface area contributed by atoms with Crippen LogP contribution >= 0.6 is 0 Å². The molecule has 1 aliphatic heterocycles. The summed E-state index contributed by atoms with van der Waals surface area (Å²) in [6.07, 6.45) is 1.75. The summed E-state index contributed by atoms with van der Waals surface area (Å²) in [6, 6.07) is 5.74. The zero-order valence-electron chi connectivity index (χ0n) is 18.0. The summed E-state index contributed by atoms with van der Waals surface area (Å²) >= 11 is 0. The predicted octanol–water partition coefficient (Wildman–Crippen LogP) is 2.08. The van der Waals surface area contributed by atoms with Crippen LogP contribution < -0.4 is 10.2 Å². The number of H-pyrrole nitrogens is 1. The molecule has 0 bridgehead atoms. The Bertz CT molecular complexity index is 1180. The van der Waals surface area contributed by atoms with Crippen LogP contribution in [0, 0.1) is 27.7 Å². The molecule has 0 amide bonds. The van der Waals surface area contributed by atoms with Gasteiger partial charge in [-0.15, -0.1) is 0 Å². The molecule has 0 aliphatic carbocycles. The van der Waals surface area contributed by atoms with Crippen molar-refractivity contribution < 1.29 is 8.42 Å². The maximum absolute atomic E-state index is 13.1. The molecule has 0 aromatic carbocycles. The van der Waals surface area contributed by atoms with Gasteiger partial charge in [0.2, 0.25) is 10.0 Å². The molecule has 0 atom stereocenters. The van der Waals surface area contributed by atoms with Gasteiger partial charge in [-0.3, -0.25) is 5.10 Å². The number of hydrogen-bond acceptors (Lipinski definition) is 8. The summed E-state index contributed by atoms with van der Waals surface area (Å²) in [5.41, 5.74) is 2.16. The fraction of sp³-hybridized carbons (Fsp3) is 0.400. The average Bonchev–Trinajstić information content (AvgIpc) is 3.06. The topological polar surface area (TPSA) is 120 Å². The van der Waals surface area contributed by atoms with E-state index >= 15 is 0 Å². The van der Waals surface area contributed by atoms with Crippen molar-refractivity contribution in [1.29, 1.82) is 0 Å². The van der Waals surface area contributed by atoms with E-state index in [1.165, 1.54) is 4.31 Å². The first-order valence-corrected chi connectivity index (χ1v) is 11.5. The zero-order valence-corrected chi connectivity index (χ0v) is 18.9. The van der Waals surface area contributed by atoms with Gasteiger partial charge in [-0.05, 0) is 45.4 Å². The van der Waals surface area contributed by atoms with E-state index in [1.807, 2.05) is 32.0 Å². The highest BCUT2D eigenvalue weighted by Gasteiger charge is 2.32. The Balaban J connectivity index is 1.49. The highest BCUT2D eigenvalue weighted by atomic mass is 32.2. The van der Waals surface area contributed by atoms with Gasteiger partial charge in [0.15, 0.2) is 0 Å². The summed E-state index contributed by atoms with van der Waals surface area (Å²) in [4.78, 5) is 15.7. The first-order chi connectivity index (χ1) is 14.7. The lowest BCUT2D eigenvalue weighted by molar-refractivity contribution is 0.383. The second-order valence-electron chi connectivity index (χ2n) is 7.66. The molecule has 4 rings (SSSR count). The van der Waals surface area contributed by atoms with Crippen LogP contribution in [-0.4, -0.2) is 64.1 Å². The van der Waals surface area contributed by atoms with E-state index in [-0.39, 0.29) is 4.90 Å². The largest absolute Gasteiger partial charge is 0.354 e. The lowest BCUT2D eigenvalue weighted by Gasteiger charge is -2.34. The van der Waals surface area contributed by atoms with Crippen molar-refractivity contribution >= 4 is 27.5 Å². The highest BCUT2D eigenvalue weighted by Crippen LogP contribution is 2.25. The fourth-order valence-corrected chi connectivity index (χ4v) is 5.47. The van der Waals surface area contributed by atoms with Crippen LogP contribution in [-0.2, 0) is 10.0 Å². The normalized spacial score (nSPS) is 15.3. The van der Waals surface area contributed by atoms with E-state index in [0.717, 1.165) is 11.4 Å². The van der Waals surface area contributed by atoms with E-state index in [1.54, 1.807) is 20.0 Å². The van der Waals surface area contributed by atoms with Crippen molar-refractivity contribution in [2.75, 3.05) is 36.4 Å². The van der Waals surface area contributed by atoms with Gasteiger partial charge in [0.25, 0.3) is 0 Å². The Kier molecular flexibility index (Phi) is 5.63. The molecule has 31 heavy (non-hydrogen) atoms. The molecular weight excluding hydrogens is 416 g/mol. The van der Waals surface area contributed by atoms with Crippen LogP contribution in [0.5, 0.6) is 0 Å². The van der Waals surface area contributed by atoms with Crippen molar-refractivity contribution in [3.05, 3.63) is 47.2 Å². The molecule has 1 saturated heterocycles. The van der Waals surface area contributed by atoms with Gasteiger partial charge in [-0.1, -0.05) is 0 Å². The standard InChI is InChI=1S/C20H26N8O2S/c1-13-5-6-21-17(11-13)24-18-12-19(23-16(4)22-18)27-7-9-28(10-8-27)31(29,30)20-14(2)25-26-15(20)3/h5-6,11-12H,7-10H2,1-4H3,(H,25,26)(H,21,22,23,24). The molecule has 0 spiro atoms. The molecule has 3 aromatic heterocycles. The number of aryl methyl sites for hydroxylation is 4. The van der Waals surface area contributed by atoms with E-state index in [9.17, 15) is 8.42 Å². The summed E-state index contributed by atoms with van der Waals surface area (Å²) in [6.45, 7) is 9.09. The van der Waals surface area contributed by atoms with Gasteiger partial charge in [-0.25, -0.2) is 23.4 Å². The minimum absolute atomic E-state index is 0.274. The summed E-state index contributed by atoms with van der Waals surface area (Å²) in [5.74, 6) is 2.76. The van der Waals surface area contributed by atoms with Gasteiger partial charge < -0.3 is 10.2 Å². The van der Waals surface area contributed by atoms with Gasteiger partial charge in [0, 0.05) is 38.4 Å². The highest BCUT2D eigenvalue weighted by molar-refractivity contribution is 7.89. The number of pyridine rings is 1. The second kappa shape index (κ2) is 8.23. The molecule has 2 N–H and O–H groups in total. The van der Waals surface area contributed by atoms with Gasteiger partial charge in [0.1, 0.15) is 28.2 Å². The van der Waals surface area contributed by atoms with E-state index in [4.69, 9.17) is 0 Å². The Morgan fingerprint density at radius 3 is 2.39 bits per heavy atom. The SMILES string of the molecule is Cc1ccnc(Nc2cc(N3CCN(S(=O)(=O)c4c(C)n[nH]c4C)CC3)nc(C)n2)c1.